The van der Waals surface area contributed by atoms with E-state index in [1.807, 2.05) is 12.3 Å². The standard InChI is InChI=1S/C13H12N/c1-2-11-5-7-12(8-6-11)13-4-3-9-14-10-13/h3-10H,1-2H2. The second-order valence-corrected chi connectivity index (χ2v) is 3.19. The van der Waals surface area contributed by atoms with Gasteiger partial charge in [-0.25, -0.2) is 0 Å². The van der Waals surface area contributed by atoms with Crippen molar-refractivity contribution in [3.8, 4) is 11.1 Å². The Labute approximate surface area is 84.4 Å². The molecule has 1 aromatic heterocycles. The van der Waals surface area contributed by atoms with Gasteiger partial charge in [-0.3, -0.25) is 4.98 Å². The van der Waals surface area contributed by atoms with Crippen LogP contribution in [0.4, 0.5) is 0 Å². The molecule has 0 aliphatic rings. The molecule has 1 nitrogen and oxygen atoms in total. The van der Waals surface area contributed by atoms with Crippen molar-refractivity contribution in [2.24, 2.45) is 0 Å². The van der Waals surface area contributed by atoms with Crippen LogP contribution in [0.25, 0.3) is 11.1 Å². The fraction of sp³-hybridized carbons (Fsp3) is 0.0769. The molecule has 0 atom stereocenters. The summed E-state index contributed by atoms with van der Waals surface area (Å²) in [6.45, 7) is 3.85. The summed E-state index contributed by atoms with van der Waals surface area (Å²) in [6.07, 6.45) is 4.50. The molecule has 0 bridgehead atoms. The summed E-state index contributed by atoms with van der Waals surface area (Å²) >= 11 is 0. The van der Waals surface area contributed by atoms with Gasteiger partial charge in [-0.2, -0.15) is 0 Å². The van der Waals surface area contributed by atoms with E-state index in [1.54, 1.807) is 6.20 Å². The zero-order chi connectivity index (χ0) is 9.80. The summed E-state index contributed by atoms with van der Waals surface area (Å²) in [5.74, 6) is 0. The Morgan fingerprint density at radius 3 is 2.36 bits per heavy atom. The average Bonchev–Trinajstić information content (AvgIpc) is 2.30. The SMILES string of the molecule is [CH2]Cc1ccc(-c2cccnc2)cc1. The van der Waals surface area contributed by atoms with Gasteiger partial charge in [0, 0.05) is 12.4 Å². The van der Waals surface area contributed by atoms with Gasteiger partial charge in [0.05, 0.1) is 0 Å². The summed E-state index contributed by atoms with van der Waals surface area (Å²) in [5.41, 5.74) is 3.62. The van der Waals surface area contributed by atoms with Gasteiger partial charge in [-0.05, 0) is 36.1 Å². The minimum atomic E-state index is 0.841. The van der Waals surface area contributed by atoms with E-state index in [4.69, 9.17) is 0 Å². The molecule has 1 radical (unpaired) electrons. The van der Waals surface area contributed by atoms with Crippen molar-refractivity contribution in [2.75, 3.05) is 0 Å². The highest BCUT2D eigenvalue weighted by atomic mass is 14.6. The van der Waals surface area contributed by atoms with Crippen LogP contribution in [0.3, 0.4) is 0 Å². The van der Waals surface area contributed by atoms with Crippen molar-refractivity contribution in [3.05, 3.63) is 61.3 Å². The second-order valence-electron chi connectivity index (χ2n) is 3.19. The predicted octanol–water partition coefficient (Wildman–Crippen LogP) is 3.13. The van der Waals surface area contributed by atoms with Crippen LogP contribution in [0.1, 0.15) is 5.56 Å². The number of hydrogen-bond donors (Lipinski definition) is 0. The van der Waals surface area contributed by atoms with E-state index in [-0.39, 0.29) is 0 Å². The number of hydrogen-bond acceptors (Lipinski definition) is 1. The van der Waals surface area contributed by atoms with Gasteiger partial charge in [-0.1, -0.05) is 30.3 Å². The van der Waals surface area contributed by atoms with E-state index in [0.29, 0.717) is 0 Å². The molecule has 0 aliphatic carbocycles. The van der Waals surface area contributed by atoms with Crippen molar-refractivity contribution in [1.29, 1.82) is 0 Å². The monoisotopic (exact) mass is 182 g/mol. The average molecular weight is 182 g/mol. The number of nitrogens with zero attached hydrogens (tertiary/aromatic N) is 1. The first kappa shape index (κ1) is 8.95. The summed E-state index contributed by atoms with van der Waals surface area (Å²) in [6, 6.07) is 12.4. The van der Waals surface area contributed by atoms with Crippen molar-refractivity contribution in [2.45, 2.75) is 6.42 Å². The predicted molar refractivity (Wildman–Crippen MR) is 58.7 cm³/mol. The first-order chi connectivity index (χ1) is 6.90. The van der Waals surface area contributed by atoms with Crippen molar-refractivity contribution in [1.82, 2.24) is 4.98 Å². The van der Waals surface area contributed by atoms with E-state index in [1.165, 1.54) is 11.1 Å². The highest BCUT2D eigenvalue weighted by molar-refractivity contribution is 5.62. The van der Waals surface area contributed by atoms with Crippen LogP contribution in [-0.2, 0) is 6.42 Å². The lowest BCUT2D eigenvalue weighted by molar-refractivity contribution is 1.27. The largest absolute Gasteiger partial charge is 0.264 e. The minimum Gasteiger partial charge on any atom is -0.264 e. The van der Waals surface area contributed by atoms with Crippen LogP contribution < -0.4 is 0 Å². The normalized spacial score (nSPS) is 10.1. The van der Waals surface area contributed by atoms with Crippen molar-refractivity contribution >= 4 is 0 Å². The molecule has 0 amide bonds. The first-order valence-electron chi connectivity index (χ1n) is 4.69. The summed E-state index contributed by atoms with van der Waals surface area (Å²) in [5, 5.41) is 0. The summed E-state index contributed by atoms with van der Waals surface area (Å²) < 4.78 is 0. The van der Waals surface area contributed by atoms with Gasteiger partial charge in [-0.15, -0.1) is 0 Å². The van der Waals surface area contributed by atoms with E-state index in [9.17, 15) is 0 Å². The fourth-order valence-electron chi connectivity index (χ4n) is 1.40. The Morgan fingerprint density at radius 2 is 1.79 bits per heavy atom. The molecule has 0 unspecified atom stereocenters. The number of benzene rings is 1. The van der Waals surface area contributed by atoms with Crippen molar-refractivity contribution in [3.63, 3.8) is 0 Å². The second kappa shape index (κ2) is 4.05. The molecule has 0 fully saturated rings. The molecular formula is C13H12N. The third kappa shape index (κ3) is 1.82. The van der Waals surface area contributed by atoms with Gasteiger partial charge in [0.25, 0.3) is 0 Å². The van der Waals surface area contributed by atoms with E-state index >= 15 is 0 Å². The number of rotatable bonds is 2. The molecule has 69 valence electrons. The molecule has 14 heavy (non-hydrogen) atoms. The van der Waals surface area contributed by atoms with E-state index < -0.39 is 0 Å². The lowest BCUT2D eigenvalue weighted by Gasteiger charge is -2.01. The maximum Gasteiger partial charge on any atom is 0.0346 e. The molecule has 0 aliphatic heterocycles. The molecule has 1 heterocycles. The third-order valence-electron chi connectivity index (χ3n) is 2.24. The van der Waals surface area contributed by atoms with Crippen LogP contribution in [0.5, 0.6) is 0 Å². The minimum absolute atomic E-state index is 0.841. The zero-order valence-electron chi connectivity index (χ0n) is 7.98. The van der Waals surface area contributed by atoms with Gasteiger partial charge >= 0.3 is 0 Å². The molecule has 0 saturated heterocycles. The Kier molecular flexibility index (Phi) is 2.59. The molecule has 0 N–H and O–H groups in total. The zero-order valence-corrected chi connectivity index (χ0v) is 7.98. The topological polar surface area (TPSA) is 12.9 Å². The molecule has 0 saturated carbocycles. The Morgan fingerprint density at radius 1 is 1.00 bits per heavy atom. The Bertz CT molecular complexity index is 389. The maximum absolute atomic E-state index is 4.09. The number of aromatic nitrogens is 1. The van der Waals surface area contributed by atoms with Gasteiger partial charge < -0.3 is 0 Å². The molecule has 1 heteroatoms. The molecule has 1 aromatic carbocycles. The van der Waals surface area contributed by atoms with Crippen LogP contribution in [0.2, 0.25) is 0 Å². The van der Waals surface area contributed by atoms with E-state index in [2.05, 4.69) is 42.2 Å². The van der Waals surface area contributed by atoms with E-state index in [0.717, 1.165) is 12.0 Å². The Balaban J connectivity index is 2.34. The van der Waals surface area contributed by atoms with Crippen LogP contribution in [0, 0.1) is 6.92 Å². The third-order valence-corrected chi connectivity index (χ3v) is 2.24. The van der Waals surface area contributed by atoms with Crippen LogP contribution in [-0.4, -0.2) is 4.98 Å². The molecule has 2 rings (SSSR count). The van der Waals surface area contributed by atoms with Crippen LogP contribution >= 0.6 is 0 Å². The smallest absolute Gasteiger partial charge is 0.0346 e. The van der Waals surface area contributed by atoms with Gasteiger partial charge in [0.2, 0.25) is 0 Å². The molecule has 2 aromatic rings. The summed E-state index contributed by atoms with van der Waals surface area (Å²) in [7, 11) is 0. The van der Waals surface area contributed by atoms with Gasteiger partial charge in [0.15, 0.2) is 0 Å². The Hall–Kier alpha value is -1.63. The lowest BCUT2D eigenvalue weighted by atomic mass is 10.1. The molecule has 0 spiro atoms. The quantitative estimate of drug-likeness (QED) is 0.695. The lowest BCUT2D eigenvalue weighted by Crippen LogP contribution is -1.82. The highest BCUT2D eigenvalue weighted by Gasteiger charge is 1.95. The first-order valence-corrected chi connectivity index (χ1v) is 4.69. The number of pyridine rings is 1. The summed E-state index contributed by atoms with van der Waals surface area (Å²) in [4.78, 5) is 4.09. The van der Waals surface area contributed by atoms with Crippen molar-refractivity contribution < 1.29 is 0 Å². The van der Waals surface area contributed by atoms with Gasteiger partial charge in [0.1, 0.15) is 0 Å². The van der Waals surface area contributed by atoms with Crippen LogP contribution in [0.15, 0.2) is 48.8 Å². The molecular weight excluding hydrogens is 170 g/mol. The fourth-order valence-corrected chi connectivity index (χ4v) is 1.40. The maximum atomic E-state index is 4.09. The highest BCUT2D eigenvalue weighted by Crippen LogP contribution is 2.18.